The zero-order valence-corrected chi connectivity index (χ0v) is 14.5. The summed E-state index contributed by atoms with van der Waals surface area (Å²) in [5.74, 6) is 0. The van der Waals surface area contributed by atoms with E-state index in [2.05, 4.69) is 36.5 Å². The summed E-state index contributed by atoms with van der Waals surface area (Å²) < 4.78 is 0. The molecule has 0 spiro atoms. The Morgan fingerprint density at radius 2 is 2.05 bits per heavy atom. The minimum atomic E-state index is 0.697. The summed E-state index contributed by atoms with van der Waals surface area (Å²) >= 11 is 1.65. The van der Waals surface area contributed by atoms with E-state index in [-0.39, 0.29) is 0 Å². The molecule has 0 radical (unpaired) electrons. The van der Waals surface area contributed by atoms with Crippen LogP contribution in [0.4, 0.5) is 5.69 Å². The first-order chi connectivity index (χ1) is 10.2. The lowest BCUT2D eigenvalue weighted by Crippen LogP contribution is -2.33. The van der Waals surface area contributed by atoms with E-state index < -0.39 is 0 Å². The van der Waals surface area contributed by atoms with E-state index in [1.54, 1.807) is 11.3 Å². The molecule has 0 aliphatic carbocycles. The predicted octanol–water partition coefficient (Wildman–Crippen LogP) is 4.54. The Kier molecular flexibility index (Phi) is 9.35. The number of amides is 1. The van der Waals surface area contributed by atoms with E-state index in [4.69, 9.17) is 0 Å². The third-order valence-electron chi connectivity index (χ3n) is 4.08. The smallest absolute Gasteiger partial charge is 0.211 e. The normalized spacial score (nSPS) is 12.6. The van der Waals surface area contributed by atoms with Gasteiger partial charge < -0.3 is 10.2 Å². The molecule has 3 nitrogen and oxygen atoms in total. The molecule has 1 atom stereocenters. The molecule has 0 fully saturated rings. The van der Waals surface area contributed by atoms with Gasteiger partial charge in [-0.15, -0.1) is 11.3 Å². The molecule has 0 aliphatic rings. The molecule has 120 valence electrons. The number of thiophene rings is 1. The number of rotatable bonds is 12. The number of hydrogen-bond acceptors (Lipinski definition) is 3. The molecule has 21 heavy (non-hydrogen) atoms. The second-order valence-electron chi connectivity index (χ2n) is 5.74. The topological polar surface area (TPSA) is 32.3 Å². The zero-order chi connectivity index (χ0) is 15.5. The summed E-state index contributed by atoms with van der Waals surface area (Å²) in [6.07, 6.45) is 9.57. The van der Waals surface area contributed by atoms with E-state index in [1.807, 2.05) is 5.38 Å². The first-order valence-electron chi connectivity index (χ1n) is 8.18. The van der Waals surface area contributed by atoms with Crippen molar-refractivity contribution >= 4 is 23.4 Å². The molecule has 1 unspecified atom stereocenters. The van der Waals surface area contributed by atoms with Crippen molar-refractivity contribution in [3.05, 3.63) is 16.3 Å². The molecular formula is C17H30N2OS. The maximum absolute atomic E-state index is 10.6. The van der Waals surface area contributed by atoms with E-state index in [0.29, 0.717) is 6.04 Å². The number of nitrogens with one attached hydrogen (secondary N) is 1. The average molecular weight is 311 g/mol. The van der Waals surface area contributed by atoms with Gasteiger partial charge in [-0.2, -0.15) is 0 Å². The van der Waals surface area contributed by atoms with Crippen LogP contribution in [0, 0.1) is 0 Å². The molecule has 1 amide bonds. The number of anilines is 1. The van der Waals surface area contributed by atoms with Crippen LogP contribution >= 0.6 is 11.3 Å². The third-order valence-corrected chi connectivity index (χ3v) is 4.87. The van der Waals surface area contributed by atoms with E-state index in [1.165, 1.54) is 44.1 Å². The van der Waals surface area contributed by atoms with Crippen LogP contribution in [0.15, 0.2) is 10.8 Å². The van der Waals surface area contributed by atoms with E-state index in [0.717, 1.165) is 25.1 Å². The molecule has 0 saturated carbocycles. The monoisotopic (exact) mass is 310 g/mol. The van der Waals surface area contributed by atoms with Gasteiger partial charge in [0.25, 0.3) is 0 Å². The Bertz CT molecular complexity index is 392. The average Bonchev–Trinajstić information content (AvgIpc) is 2.92. The van der Waals surface area contributed by atoms with E-state index >= 15 is 0 Å². The highest BCUT2D eigenvalue weighted by molar-refractivity contribution is 7.08. The van der Waals surface area contributed by atoms with Crippen LogP contribution in [-0.2, 0) is 11.2 Å². The predicted molar refractivity (Wildman–Crippen MR) is 93.2 cm³/mol. The minimum Gasteiger partial charge on any atom is -0.328 e. The lowest BCUT2D eigenvalue weighted by molar-refractivity contribution is -0.105. The molecule has 1 rings (SSSR count). The molecular weight excluding hydrogens is 280 g/mol. The highest BCUT2D eigenvalue weighted by Gasteiger charge is 2.14. The van der Waals surface area contributed by atoms with Crippen LogP contribution in [0.3, 0.4) is 0 Å². The Morgan fingerprint density at radius 3 is 2.71 bits per heavy atom. The van der Waals surface area contributed by atoms with Crippen molar-refractivity contribution in [1.29, 1.82) is 0 Å². The molecule has 0 saturated heterocycles. The van der Waals surface area contributed by atoms with Crippen molar-refractivity contribution in [2.45, 2.75) is 64.8 Å². The molecule has 4 heteroatoms. The van der Waals surface area contributed by atoms with Gasteiger partial charge in [0.1, 0.15) is 0 Å². The quantitative estimate of drug-likeness (QED) is 0.454. The van der Waals surface area contributed by atoms with Crippen molar-refractivity contribution in [3.63, 3.8) is 0 Å². The lowest BCUT2D eigenvalue weighted by atomic mass is 10.0. The van der Waals surface area contributed by atoms with Gasteiger partial charge >= 0.3 is 0 Å². The summed E-state index contributed by atoms with van der Waals surface area (Å²) in [6.45, 7) is 5.59. The number of carbonyl (C=O) groups is 1. The van der Waals surface area contributed by atoms with Crippen LogP contribution in [0.5, 0.6) is 0 Å². The Hall–Kier alpha value is -0.870. The fourth-order valence-corrected chi connectivity index (χ4v) is 3.57. The standard InChI is InChI=1S/C17H30N2OS/c1-4-6-7-9-16(8-5-2)19(3)11-10-15-12-21-13-17(15)18-14-20/h12-14,16H,4-11H2,1-3H3,(H,18,20). The van der Waals surface area contributed by atoms with Gasteiger partial charge in [-0.05, 0) is 37.3 Å². The maximum Gasteiger partial charge on any atom is 0.211 e. The molecule has 1 heterocycles. The molecule has 0 aliphatic heterocycles. The Labute approximate surface area is 133 Å². The number of likely N-dealkylation sites (N-methyl/N-ethyl adjacent to an activating group) is 1. The number of hydrogen-bond donors (Lipinski definition) is 1. The molecule has 1 aromatic heterocycles. The second kappa shape index (κ2) is 10.8. The van der Waals surface area contributed by atoms with Crippen LogP contribution < -0.4 is 5.32 Å². The number of nitrogens with zero attached hydrogens (tertiary/aromatic N) is 1. The zero-order valence-electron chi connectivity index (χ0n) is 13.7. The van der Waals surface area contributed by atoms with Crippen LogP contribution in [0.25, 0.3) is 0 Å². The third kappa shape index (κ3) is 6.62. The number of carbonyl (C=O) groups excluding carboxylic acids is 1. The fourth-order valence-electron chi connectivity index (χ4n) is 2.73. The van der Waals surface area contributed by atoms with Crippen LogP contribution in [0.1, 0.15) is 57.9 Å². The van der Waals surface area contributed by atoms with Gasteiger partial charge in [0.05, 0.1) is 5.69 Å². The lowest BCUT2D eigenvalue weighted by Gasteiger charge is -2.28. The van der Waals surface area contributed by atoms with Crippen molar-refractivity contribution in [2.75, 3.05) is 18.9 Å². The first kappa shape index (κ1) is 18.2. The highest BCUT2D eigenvalue weighted by Crippen LogP contribution is 2.22. The van der Waals surface area contributed by atoms with Crippen molar-refractivity contribution in [2.24, 2.45) is 0 Å². The maximum atomic E-state index is 10.6. The van der Waals surface area contributed by atoms with Crippen LogP contribution in [-0.4, -0.2) is 30.9 Å². The summed E-state index contributed by atoms with van der Waals surface area (Å²) in [7, 11) is 2.24. The summed E-state index contributed by atoms with van der Waals surface area (Å²) in [5.41, 5.74) is 2.23. The molecule has 1 N–H and O–H groups in total. The summed E-state index contributed by atoms with van der Waals surface area (Å²) in [5, 5.41) is 6.94. The van der Waals surface area contributed by atoms with Crippen LogP contribution in [0.2, 0.25) is 0 Å². The largest absolute Gasteiger partial charge is 0.328 e. The van der Waals surface area contributed by atoms with Gasteiger partial charge in [-0.25, -0.2) is 0 Å². The number of unbranched alkanes of at least 4 members (excludes halogenated alkanes) is 2. The summed E-state index contributed by atoms with van der Waals surface area (Å²) in [4.78, 5) is 13.1. The van der Waals surface area contributed by atoms with Crippen molar-refractivity contribution in [3.8, 4) is 0 Å². The van der Waals surface area contributed by atoms with Gasteiger partial charge in [0.2, 0.25) is 6.41 Å². The van der Waals surface area contributed by atoms with Gasteiger partial charge in [0.15, 0.2) is 0 Å². The van der Waals surface area contributed by atoms with Gasteiger partial charge in [-0.1, -0.05) is 39.5 Å². The Balaban J connectivity index is 2.45. The minimum absolute atomic E-state index is 0.697. The molecule has 0 bridgehead atoms. The van der Waals surface area contributed by atoms with E-state index in [9.17, 15) is 4.79 Å². The van der Waals surface area contributed by atoms with Crippen molar-refractivity contribution < 1.29 is 4.79 Å². The summed E-state index contributed by atoms with van der Waals surface area (Å²) in [6, 6.07) is 0.697. The molecule has 1 aromatic rings. The SMILES string of the molecule is CCCCCC(CCC)N(C)CCc1cscc1NC=O. The van der Waals surface area contributed by atoms with Crippen molar-refractivity contribution in [1.82, 2.24) is 4.90 Å². The van der Waals surface area contributed by atoms with Gasteiger partial charge in [0, 0.05) is 18.0 Å². The second-order valence-corrected chi connectivity index (χ2v) is 6.49. The highest BCUT2D eigenvalue weighted by atomic mass is 32.1. The fraction of sp³-hybridized carbons (Fsp3) is 0.706. The van der Waals surface area contributed by atoms with Gasteiger partial charge in [-0.3, -0.25) is 4.79 Å². The first-order valence-corrected chi connectivity index (χ1v) is 9.12. The Morgan fingerprint density at radius 1 is 1.24 bits per heavy atom. The molecule has 0 aromatic carbocycles.